The summed E-state index contributed by atoms with van der Waals surface area (Å²) >= 11 is 0. The molecule has 49 heavy (non-hydrogen) atoms. The molecule has 0 amide bonds. The second kappa shape index (κ2) is 12.1. The Morgan fingerprint density at radius 3 is 1.41 bits per heavy atom. The van der Waals surface area contributed by atoms with Crippen LogP contribution in [0.4, 0.5) is 0 Å². The maximum atomic E-state index is 4.92. The van der Waals surface area contributed by atoms with Gasteiger partial charge in [0.2, 0.25) is 0 Å². The number of para-hydroxylation sites is 2. The minimum Gasteiger partial charge on any atom is -0.299 e. The van der Waals surface area contributed by atoms with Crippen LogP contribution in [0.2, 0.25) is 0 Å². The molecule has 5 nitrogen and oxygen atoms in total. The fourth-order valence-electron chi connectivity index (χ4n) is 6.53. The zero-order chi connectivity index (χ0) is 32.6. The molecule has 2 heterocycles. The molecule has 0 N–H and O–H groups in total. The Labute approximate surface area is 283 Å². The summed E-state index contributed by atoms with van der Waals surface area (Å²) in [6.07, 6.45) is 1.89. The van der Waals surface area contributed by atoms with Crippen molar-refractivity contribution in [3.8, 4) is 62.1 Å². The molecule has 0 aliphatic heterocycles. The first-order valence-corrected chi connectivity index (χ1v) is 16.3. The minimum absolute atomic E-state index is 0.642. The number of nitrogens with zero attached hydrogens (tertiary/aromatic N) is 5. The number of aromatic nitrogens is 5. The second-order valence-electron chi connectivity index (χ2n) is 12.0. The van der Waals surface area contributed by atoms with Crippen LogP contribution in [0.15, 0.2) is 176 Å². The number of hydrogen-bond donors (Lipinski definition) is 0. The van der Waals surface area contributed by atoms with Crippen molar-refractivity contribution < 1.29 is 0 Å². The molecule has 0 aliphatic carbocycles. The first-order valence-electron chi connectivity index (χ1n) is 16.3. The third-order valence-electron chi connectivity index (χ3n) is 8.97. The lowest BCUT2D eigenvalue weighted by Crippen LogP contribution is -2.00. The van der Waals surface area contributed by atoms with Crippen LogP contribution in [0, 0.1) is 0 Å². The molecule has 9 rings (SSSR count). The van der Waals surface area contributed by atoms with E-state index in [4.69, 9.17) is 15.0 Å². The van der Waals surface area contributed by atoms with Crippen LogP contribution in [-0.4, -0.2) is 24.5 Å². The lowest BCUT2D eigenvalue weighted by Gasteiger charge is -2.14. The first-order chi connectivity index (χ1) is 24.3. The zero-order valence-corrected chi connectivity index (χ0v) is 26.5. The van der Waals surface area contributed by atoms with Crippen LogP contribution in [0.25, 0.3) is 83.9 Å². The van der Waals surface area contributed by atoms with Gasteiger partial charge < -0.3 is 0 Å². The molecule has 0 spiro atoms. The lowest BCUT2D eigenvalue weighted by molar-refractivity contribution is 1.07. The zero-order valence-electron chi connectivity index (χ0n) is 26.5. The topological polar surface area (TPSA) is 56.5 Å². The van der Waals surface area contributed by atoms with Crippen LogP contribution >= 0.6 is 0 Å². The Morgan fingerprint density at radius 1 is 0.367 bits per heavy atom. The third kappa shape index (κ3) is 5.33. The molecule has 230 valence electrons. The Bertz CT molecular complexity index is 2510. The van der Waals surface area contributed by atoms with Gasteiger partial charge in [-0.3, -0.25) is 4.57 Å². The molecule has 0 fully saturated rings. The van der Waals surface area contributed by atoms with E-state index < -0.39 is 0 Å². The van der Waals surface area contributed by atoms with Crippen molar-refractivity contribution in [2.45, 2.75) is 0 Å². The smallest absolute Gasteiger partial charge is 0.164 e. The molecule has 0 aliphatic rings. The Kier molecular flexibility index (Phi) is 7.06. The Hall–Kier alpha value is -6.72. The average Bonchev–Trinajstić information content (AvgIpc) is 3.62. The second-order valence-corrected chi connectivity index (χ2v) is 12.0. The fraction of sp³-hybridized carbons (Fsp3) is 0. The van der Waals surface area contributed by atoms with E-state index in [9.17, 15) is 0 Å². The summed E-state index contributed by atoms with van der Waals surface area (Å²) in [6, 6.07) is 58.7. The van der Waals surface area contributed by atoms with Gasteiger partial charge in [-0.15, -0.1) is 0 Å². The quantitative estimate of drug-likeness (QED) is 0.184. The van der Waals surface area contributed by atoms with E-state index in [2.05, 4.69) is 101 Å². The van der Waals surface area contributed by atoms with Gasteiger partial charge in [-0.2, -0.15) is 0 Å². The summed E-state index contributed by atoms with van der Waals surface area (Å²) in [4.78, 5) is 19.3. The number of hydrogen-bond acceptors (Lipinski definition) is 4. The summed E-state index contributed by atoms with van der Waals surface area (Å²) in [5.74, 6) is 1.95. The van der Waals surface area contributed by atoms with E-state index in [1.807, 2.05) is 85.2 Å². The van der Waals surface area contributed by atoms with Gasteiger partial charge in [0, 0.05) is 22.4 Å². The van der Waals surface area contributed by atoms with Gasteiger partial charge in [0.1, 0.15) is 6.33 Å². The Morgan fingerprint density at radius 2 is 0.837 bits per heavy atom. The van der Waals surface area contributed by atoms with Crippen molar-refractivity contribution in [3.63, 3.8) is 0 Å². The highest BCUT2D eigenvalue weighted by Gasteiger charge is 2.14. The van der Waals surface area contributed by atoms with E-state index in [-0.39, 0.29) is 0 Å². The van der Waals surface area contributed by atoms with Gasteiger partial charge >= 0.3 is 0 Å². The highest BCUT2D eigenvalue weighted by atomic mass is 15.0. The molecule has 0 atom stereocenters. The molecule has 7 aromatic carbocycles. The van der Waals surface area contributed by atoms with Gasteiger partial charge in [-0.25, -0.2) is 19.9 Å². The molecule has 9 aromatic rings. The molecular formula is C44H29N5. The van der Waals surface area contributed by atoms with Gasteiger partial charge in [0.15, 0.2) is 17.5 Å². The van der Waals surface area contributed by atoms with Crippen molar-refractivity contribution in [2.75, 3.05) is 0 Å². The number of fused-ring (bicyclic) bond motifs is 2. The summed E-state index contributed by atoms with van der Waals surface area (Å²) in [5, 5.41) is 2.41. The average molecular weight is 628 g/mol. The van der Waals surface area contributed by atoms with E-state index in [1.165, 1.54) is 21.9 Å². The van der Waals surface area contributed by atoms with Crippen molar-refractivity contribution in [2.24, 2.45) is 0 Å². The minimum atomic E-state index is 0.642. The lowest BCUT2D eigenvalue weighted by atomic mass is 9.91. The van der Waals surface area contributed by atoms with Crippen molar-refractivity contribution in [1.82, 2.24) is 24.5 Å². The maximum absolute atomic E-state index is 4.92. The third-order valence-corrected chi connectivity index (χ3v) is 8.97. The molecule has 0 unspecified atom stereocenters. The van der Waals surface area contributed by atoms with Crippen LogP contribution in [0.5, 0.6) is 0 Å². The largest absolute Gasteiger partial charge is 0.299 e. The maximum Gasteiger partial charge on any atom is 0.164 e. The number of rotatable bonds is 6. The summed E-state index contributed by atoms with van der Waals surface area (Å²) in [5.41, 5.74) is 10.7. The summed E-state index contributed by atoms with van der Waals surface area (Å²) < 4.78 is 2.13. The fourth-order valence-corrected chi connectivity index (χ4v) is 6.53. The SMILES string of the molecule is c1ccc(-c2nc(-c3ccccc3)nc(-c3ccc(-c4cccc5cccc(-c6ccc(-n7cnc8ccccc87)cc6)c45)cc3)n2)cc1. The number of benzene rings is 7. The van der Waals surface area contributed by atoms with Crippen LogP contribution in [0.1, 0.15) is 0 Å². The molecule has 0 saturated carbocycles. The highest BCUT2D eigenvalue weighted by Crippen LogP contribution is 2.37. The van der Waals surface area contributed by atoms with Gasteiger partial charge in [-0.1, -0.05) is 146 Å². The molecular weight excluding hydrogens is 599 g/mol. The van der Waals surface area contributed by atoms with Crippen molar-refractivity contribution >= 4 is 21.8 Å². The van der Waals surface area contributed by atoms with E-state index in [0.717, 1.165) is 44.5 Å². The van der Waals surface area contributed by atoms with Gasteiger partial charge in [0.05, 0.1) is 11.0 Å². The molecule has 2 aromatic heterocycles. The first kappa shape index (κ1) is 28.5. The van der Waals surface area contributed by atoms with Gasteiger partial charge in [-0.05, 0) is 57.3 Å². The molecule has 5 heteroatoms. The van der Waals surface area contributed by atoms with E-state index in [0.29, 0.717) is 17.5 Å². The van der Waals surface area contributed by atoms with Crippen LogP contribution in [0.3, 0.4) is 0 Å². The van der Waals surface area contributed by atoms with Gasteiger partial charge in [0.25, 0.3) is 0 Å². The van der Waals surface area contributed by atoms with Crippen LogP contribution in [-0.2, 0) is 0 Å². The predicted molar refractivity (Wildman–Crippen MR) is 199 cm³/mol. The van der Waals surface area contributed by atoms with E-state index >= 15 is 0 Å². The summed E-state index contributed by atoms with van der Waals surface area (Å²) in [6.45, 7) is 0. The van der Waals surface area contributed by atoms with Crippen molar-refractivity contribution in [1.29, 1.82) is 0 Å². The monoisotopic (exact) mass is 627 g/mol. The predicted octanol–water partition coefficient (Wildman–Crippen LogP) is 10.7. The molecule has 0 bridgehead atoms. The molecule has 0 saturated heterocycles. The standard InChI is InChI=1S/C44H29N5/c1-3-11-33(12-4-1)42-46-43(34-13-5-2-6-14-34)48-44(47-42)35-23-21-30(22-24-35)37-17-9-15-32-16-10-18-38(41(32)37)31-25-27-36(28-26-31)49-29-45-39-19-7-8-20-40(39)49/h1-29H. The van der Waals surface area contributed by atoms with E-state index in [1.54, 1.807) is 0 Å². The highest BCUT2D eigenvalue weighted by molar-refractivity contribution is 6.06. The van der Waals surface area contributed by atoms with Crippen LogP contribution < -0.4 is 0 Å². The molecule has 0 radical (unpaired) electrons. The normalized spacial score (nSPS) is 11.3. The Balaban J connectivity index is 1.10. The van der Waals surface area contributed by atoms with Crippen molar-refractivity contribution in [3.05, 3.63) is 176 Å². The summed E-state index contributed by atoms with van der Waals surface area (Å²) in [7, 11) is 0. The number of imidazole rings is 1.